The molecule has 0 radical (unpaired) electrons. The summed E-state index contributed by atoms with van der Waals surface area (Å²) in [5.41, 5.74) is 4.13. The van der Waals surface area contributed by atoms with Crippen LogP contribution in [0.4, 0.5) is 21.9 Å². The molecule has 184 valence electrons. The molecule has 2 aromatic rings. The summed E-state index contributed by atoms with van der Waals surface area (Å²) in [6.07, 6.45) is 0. The fourth-order valence-electron chi connectivity index (χ4n) is 4.92. The lowest BCUT2D eigenvalue weighted by Gasteiger charge is -2.31. The number of hydrogen-bond donors (Lipinski definition) is 3. The molecule has 6 heteroatoms. The maximum absolute atomic E-state index is 12.9. The van der Waals surface area contributed by atoms with Crippen LogP contribution >= 0.6 is 0 Å². The van der Waals surface area contributed by atoms with E-state index in [0.29, 0.717) is 17.5 Å². The van der Waals surface area contributed by atoms with E-state index in [1.165, 1.54) is 0 Å². The van der Waals surface area contributed by atoms with Crippen molar-refractivity contribution in [3.63, 3.8) is 0 Å². The first-order valence-corrected chi connectivity index (χ1v) is 12.2. The van der Waals surface area contributed by atoms with Gasteiger partial charge in [0.2, 0.25) is 0 Å². The molecule has 6 nitrogen and oxygen atoms in total. The van der Waals surface area contributed by atoms with E-state index in [4.69, 9.17) is 0 Å². The predicted octanol–water partition coefficient (Wildman–Crippen LogP) is 6.58. The van der Waals surface area contributed by atoms with Gasteiger partial charge in [-0.1, -0.05) is 65.3 Å². The number of carboxylic acids is 1. The number of anilines is 3. The van der Waals surface area contributed by atoms with Crippen LogP contribution in [0.15, 0.2) is 42.5 Å². The third-order valence-electron chi connectivity index (χ3n) is 6.54. The Kier molecular flexibility index (Phi) is 7.59. The van der Waals surface area contributed by atoms with E-state index in [2.05, 4.69) is 43.2 Å². The summed E-state index contributed by atoms with van der Waals surface area (Å²) < 4.78 is 0. The number of carbonyl (C=O) groups is 2. The lowest BCUT2D eigenvalue weighted by molar-refractivity contribution is -0.139. The molecule has 2 aromatic carbocycles. The number of carboxylic acid groups (broad SMARTS) is 1. The zero-order valence-electron chi connectivity index (χ0n) is 21.5. The molecule has 0 aromatic heterocycles. The molecule has 34 heavy (non-hydrogen) atoms. The SMILES string of the molecule is Cc1ccc(NC(=O)Nc2cc([C@H]3[C@@H](C(=O)O)C3(C)C)ccc2N(CC(C)C)CC(C)C)cc1. The van der Waals surface area contributed by atoms with E-state index in [1.807, 2.05) is 63.2 Å². The van der Waals surface area contributed by atoms with Gasteiger partial charge < -0.3 is 20.6 Å². The number of nitrogens with one attached hydrogen (secondary N) is 2. The van der Waals surface area contributed by atoms with Crippen molar-refractivity contribution < 1.29 is 14.7 Å². The van der Waals surface area contributed by atoms with Gasteiger partial charge in [0.25, 0.3) is 0 Å². The van der Waals surface area contributed by atoms with Crippen LogP contribution in [0, 0.1) is 30.1 Å². The highest BCUT2D eigenvalue weighted by atomic mass is 16.4. The number of aliphatic carboxylic acids is 1. The maximum Gasteiger partial charge on any atom is 0.323 e. The van der Waals surface area contributed by atoms with Crippen LogP contribution < -0.4 is 15.5 Å². The summed E-state index contributed by atoms with van der Waals surface area (Å²) >= 11 is 0. The highest BCUT2D eigenvalue weighted by Gasteiger charge is 2.62. The molecule has 0 aliphatic heterocycles. The van der Waals surface area contributed by atoms with E-state index < -0.39 is 11.9 Å². The molecule has 0 spiro atoms. The van der Waals surface area contributed by atoms with Crippen molar-refractivity contribution in [2.75, 3.05) is 28.6 Å². The second-order valence-corrected chi connectivity index (χ2v) is 11.0. The number of nitrogens with zero attached hydrogens (tertiary/aromatic N) is 1. The van der Waals surface area contributed by atoms with Gasteiger partial charge in [0.15, 0.2) is 0 Å². The van der Waals surface area contributed by atoms with Crippen molar-refractivity contribution in [2.45, 2.75) is 54.4 Å². The second kappa shape index (κ2) is 10.1. The summed E-state index contributed by atoms with van der Waals surface area (Å²) in [6.45, 7) is 16.4. The topological polar surface area (TPSA) is 81.7 Å². The number of amides is 2. The van der Waals surface area contributed by atoms with Crippen molar-refractivity contribution >= 4 is 29.1 Å². The Morgan fingerprint density at radius 2 is 1.56 bits per heavy atom. The van der Waals surface area contributed by atoms with Crippen molar-refractivity contribution in [2.24, 2.45) is 23.2 Å². The molecule has 3 rings (SSSR count). The van der Waals surface area contributed by atoms with E-state index in [9.17, 15) is 14.7 Å². The zero-order chi connectivity index (χ0) is 25.2. The number of carbonyl (C=O) groups excluding carboxylic acids is 1. The molecule has 2 atom stereocenters. The Labute approximate surface area is 203 Å². The molecule has 1 aliphatic rings. The molecule has 2 amide bonds. The van der Waals surface area contributed by atoms with Crippen LogP contribution in [0.5, 0.6) is 0 Å². The Morgan fingerprint density at radius 1 is 0.971 bits per heavy atom. The molecular formula is C28H39N3O3. The molecule has 3 N–H and O–H groups in total. The molecule has 0 bridgehead atoms. The predicted molar refractivity (Wildman–Crippen MR) is 140 cm³/mol. The first kappa shape index (κ1) is 25.6. The van der Waals surface area contributed by atoms with Gasteiger partial charge >= 0.3 is 12.0 Å². The molecule has 1 saturated carbocycles. The smallest absolute Gasteiger partial charge is 0.323 e. The molecular weight excluding hydrogens is 426 g/mol. The van der Waals surface area contributed by atoms with Gasteiger partial charge in [0, 0.05) is 24.7 Å². The Morgan fingerprint density at radius 3 is 2.06 bits per heavy atom. The minimum atomic E-state index is -0.771. The number of hydrogen-bond acceptors (Lipinski definition) is 3. The van der Waals surface area contributed by atoms with Gasteiger partial charge in [-0.05, 0) is 54.0 Å². The van der Waals surface area contributed by atoms with Crippen molar-refractivity contribution in [3.8, 4) is 0 Å². The quantitative estimate of drug-likeness (QED) is 0.391. The fourth-order valence-corrected chi connectivity index (χ4v) is 4.92. The van der Waals surface area contributed by atoms with Crippen LogP contribution in [0.1, 0.15) is 58.6 Å². The number of aryl methyl sites for hydroxylation is 1. The third kappa shape index (κ3) is 5.91. The molecule has 0 unspecified atom stereocenters. The minimum absolute atomic E-state index is 0.0802. The van der Waals surface area contributed by atoms with Crippen LogP contribution in [0.2, 0.25) is 0 Å². The first-order chi connectivity index (χ1) is 15.9. The normalized spacial score (nSPS) is 18.6. The third-order valence-corrected chi connectivity index (χ3v) is 6.54. The lowest BCUT2D eigenvalue weighted by Crippen LogP contribution is -2.32. The van der Waals surface area contributed by atoms with Crippen LogP contribution in [-0.4, -0.2) is 30.2 Å². The van der Waals surface area contributed by atoms with Gasteiger partial charge in [-0.25, -0.2) is 4.79 Å². The monoisotopic (exact) mass is 465 g/mol. The van der Waals surface area contributed by atoms with Gasteiger partial charge in [-0.2, -0.15) is 0 Å². The standard InChI is InChI=1S/C28H39N3O3/c1-17(2)15-31(16-18(3)4)23-13-10-20(24-25(26(32)33)28(24,6)7)14-22(23)30-27(34)29-21-11-8-19(5)9-12-21/h8-14,17-18,24-25H,15-16H2,1-7H3,(H,32,33)(H2,29,30,34)/t24-,25-/m0/s1. The van der Waals surface area contributed by atoms with E-state index in [0.717, 1.165) is 35.6 Å². The number of benzene rings is 2. The van der Waals surface area contributed by atoms with Crippen LogP contribution in [-0.2, 0) is 4.79 Å². The highest BCUT2D eigenvalue weighted by molar-refractivity contribution is 6.02. The highest BCUT2D eigenvalue weighted by Crippen LogP contribution is 2.64. The second-order valence-electron chi connectivity index (χ2n) is 11.0. The average Bonchev–Trinajstić information content (AvgIpc) is 3.31. The van der Waals surface area contributed by atoms with E-state index in [1.54, 1.807) is 0 Å². The summed E-state index contributed by atoms with van der Waals surface area (Å²) in [5, 5.41) is 15.6. The largest absolute Gasteiger partial charge is 0.481 e. The van der Waals surface area contributed by atoms with E-state index in [-0.39, 0.29) is 17.4 Å². The molecule has 0 heterocycles. The fraction of sp³-hybridized carbons (Fsp3) is 0.500. The molecule has 1 aliphatic carbocycles. The molecule has 0 saturated heterocycles. The van der Waals surface area contributed by atoms with Crippen LogP contribution in [0.25, 0.3) is 0 Å². The Bertz CT molecular complexity index is 1020. The van der Waals surface area contributed by atoms with Crippen molar-refractivity contribution in [1.29, 1.82) is 0 Å². The van der Waals surface area contributed by atoms with Gasteiger partial charge in [-0.15, -0.1) is 0 Å². The van der Waals surface area contributed by atoms with Gasteiger partial charge in [-0.3, -0.25) is 4.79 Å². The van der Waals surface area contributed by atoms with Gasteiger partial charge in [0.1, 0.15) is 0 Å². The maximum atomic E-state index is 12.9. The number of rotatable bonds is 9. The van der Waals surface area contributed by atoms with E-state index >= 15 is 0 Å². The van der Waals surface area contributed by atoms with Crippen molar-refractivity contribution in [1.82, 2.24) is 0 Å². The number of urea groups is 1. The Hall–Kier alpha value is -3.02. The first-order valence-electron chi connectivity index (χ1n) is 12.2. The summed E-state index contributed by atoms with van der Waals surface area (Å²) in [5.74, 6) is -0.372. The lowest BCUT2D eigenvalue weighted by atomic mass is 10.0. The summed E-state index contributed by atoms with van der Waals surface area (Å²) in [7, 11) is 0. The summed E-state index contributed by atoms with van der Waals surface area (Å²) in [6, 6.07) is 13.4. The average molecular weight is 466 g/mol. The van der Waals surface area contributed by atoms with Crippen molar-refractivity contribution in [3.05, 3.63) is 53.6 Å². The summed E-state index contributed by atoms with van der Waals surface area (Å²) in [4.78, 5) is 27.0. The van der Waals surface area contributed by atoms with Gasteiger partial charge in [0.05, 0.1) is 17.3 Å². The minimum Gasteiger partial charge on any atom is -0.481 e. The Balaban J connectivity index is 1.95. The van der Waals surface area contributed by atoms with Crippen LogP contribution in [0.3, 0.4) is 0 Å². The zero-order valence-corrected chi connectivity index (χ0v) is 21.5. The molecule has 1 fully saturated rings.